The molecule has 0 bridgehead atoms. The number of nitrogens with one attached hydrogen (secondary N) is 1. The van der Waals surface area contributed by atoms with Gasteiger partial charge in [-0.25, -0.2) is 4.98 Å². The lowest BCUT2D eigenvalue weighted by atomic mass is 9.95. The first-order valence-corrected chi connectivity index (χ1v) is 14.1. The van der Waals surface area contributed by atoms with Gasteiger partial charge in [-0.1, -0.05) is 40.2 Å². The van der Waals surface area contributed by atoms with Crippen molar-refractivity contribution < 1.29 is 19.1 Å². The van der Waals surface area contributed by atoms with Gasteiger partial charge in [0.15, 0.2) is 11.5 Å². The largest absolute Gasteiger partial charge is 0.493 e. The van der Waals surface area contributed by atoms with Crippen LogP contribution in [0.3, 0.4) is 0 Å². The number of aromatic nitrogens is 2. The molecule has 1 unspecified atom stereocenters. The number of benzene rings is 3. The van der Waals surface area contributed by atoms with Gasteiger partial charge >= 0.3 is 0 Å². The highest BCUT2D eigenvalue weighted by Crippen LogP contribution is 2.32. The quantitative estimate of drug-likeness (QED) is 0.205. The van der Waals surface area contributed by atoms with E-state index in [-0.39, 0.29) is 18.4 Å². The molecule has 0 fully saturated rings. The van der Waals surface area contributed by atoms with Crippen molar-refractivity contribution in [2.24, 2.45) is 5.73 Å². The van der Waals surface area contributed by atoms with Crippen molar-refractivity contribution in [1.29, 1.82) is 0 Å². The minimum atomic E-state index is -0.464. The summed E-state index contributed by atoms with van der Waals surface area (Å²) in [4.78, 5) is 35.5. The number of primary amides is 1. The van der Waals surface area contributed by atoms with Crippen molar-refractivity contribution in [1.82, 2.24) is 14.9 Å². The summed E-state index contributed by atoms with van der Waals surface area (Å²) in [6.45, 7) is 6.20. The fraction of sp³-hybridized carbons (Fsp3) is 0.281. The molecule has 0 spiro atoms. The zero-order chi connectivity index (χ0) is 29.7. The lowest BCUT2D eigenvalue weighted by Crippen LogP contribution is -2.34. The normalized spacial score (nSPS) is 11.7. The van der Waals surface area contributed by atoms with Crippen LogP contribution in [0.4, 0.5) is 0 Å². The van der Waals surface area contributed by atoms with Crippen molar-refractivity contribution in [2.75, 3.05) is 14.2 Å². The summed E-state index contributed by atoms with van der Waals surface area (Å²) < 4.78 is 11.8. The maximum atomic E-state index is 13.9. The topological polar surface area (TPSA) is 111 Å². The van der Waals surface area contributed by atoms with E-state index in [1.54, 1.807) is 32.5 Å². The second-order valence-electron chi connectivity index (χ2n) is 10.0. The molecular weight excluding hydrogens is 584 g/mol. The van der Waals surface area contributed by atoms with Crippen molar-refractivity contribution >= 4 is 27.7 Å². The number of carbonyl (C=O) groups excluding carboxylic acids is 2. The lowest BCUT2D eigenvalue weighted by Gasteiger charge is -2.29. The number of hydrogen-bond donors (Lipinski definition) is 2. The number of nitrogens with two attached hydrogens (primary N) is 1. The molecule has 0 aliphatic heterocycles. The number of carbonyl (C=O) groups is 2. The first-order valence-electron chi connectivity index (χ1n) is 13.3. The van der Waals surface area contributed by atoms with E-state index in [9.17, 15) is 9.59 Å². The first-order chi connectivity index (χ1) is 19.6. The molecule has 9 heteroatoms. The summed E-state index contributed by atoms with van der Waals surface area (Å²) in [7, 11) is 3.18. The summed E-state index contributed by atoms with van der Waals surface area (Å²) in [5.74, 6) is 1.41. The fourth-order valence-corrected chi connectivity index (χ4v) is 5.53. The number of methoxy groups -OCH3 is 2. The molecule has 4 aromatic rings. The third-order valence-electron chi connectivity index (χ3n) is 7.31. The molecule has 0 saturated heterocycles. The molecule has 3 aromatic carbocycles. The molecule has 0 aliphatic carbocycles. The molecule has 3 N–H and O–H groups in total. The van der Waals surface area contributed by atoms with E-state index in [4.69, 9.17) is 15.2 Å². The Balaban J connectivity index is 1.63. The molecule has 2 amide bonds. The van der Waals surface area contributed by atoms with Gasteiger partial charge < -0.3 is 25.1 Å². The third-order valence-corrected chi connectivity index (χ3v) is 8.00. The number of aryl methyl sites for hydroxylation is 2. The molecule has 214 valence electrons. The first kappa shape index (κ1) is 29.9. The summed E-state index contributed by atoms with van der Waals surface area (Å²) in [5.41, 5.74) is 11.6. The fourth-order valence-electron chi connectivity index (χ4n) is 5.04. The molecular formula is C32H35BrN4O4. The van der Waals surface area contributed by atoms with Crippen LogP contribution in [0.1, 0.15) is 57.8 Å². The van der Waals surface area contributed by atoms with Gasteiger partial charge in [0.2, 0.25) is 11.8 Å². The van der Waals surface area contributed by atoms with Crippen molar-refractivity contribution in [3.63, 3.8) is 0 Å². The molecule has 0 saturated carbocycles. The number of amides is 2. The van der Waals surface area contributed by atoms with Crippen LogP contribution < -0.4 is 15.2 Å². The number of aromatic amines is 1. The maximum Gasteiger partial charge on any atom is 0.248 e. The number of halogens is 1. The molecule has 0 radical (unpaired) electrons. The predicted octanol–water partition coefficient (Wildman–Crippen LogP) is 6.29. The number of imidazole rings is 1. The molecule has 41 heavy (non-hydrogen) atoms. The Morgan fingerprint density at radius 2 is 1.71 bits per heavy atom. The monoisotopic (exact) mass is 618 g/mol. The van der Waals surface area contributed by atoms with Gasteiger partial charge in [-0.3, -0.25) is 9.59 Å². The van der Waals surface area contributed by atoms with Gasteiger partial charge in [0.1, 0.15) is 5.82 Å². The number of ether oxygens (including phenoxy) is 2. The average molecular weight is 620 g/mol. The molecule has 1 atom stereocenters. The molecule has 8 nitrogen and oxygen atoms in total. The van der Waals surface area contributed by atoms with Crippen LogP contribution in [-0.4, -0.2) is 40.9 Å². The molecule has 1 aromatic heterocycles. The van der Waals surface area contributed by atoms with Crippen molar-refractivity contribution in [3.05, 3.63) is 98.9 Å². The van der Waals surface area contributed by atoms with Crippen LogP contribution in [0.25, 0.3) is 11.3 Å². The Labute approximate surface area is 249 Å². The number of hydrogen-bond acceptors (Lipinski definition) is 5. The van der Waals surface area contributed by atoms with Crippen molar-refractivity contribution in [2.45, 2.75) is 46.2 Å². The van der Waals surface area contributed by atoms with Crippen LogP contribution in [0.2, 0.25) is 0 Å². The highest BCUT2D eigenvalue weighted by atomic mass is 79.9. The minimum absolute atomic E-state index is 0.0242. The second kappa shape index (κ2) is 13.0. The number of nitrogens with zero attached hydrogens (tertiary/aromatic N) is 2. The molecule has 1 heterocycles. The maximum absolute atomic E-state index is 13.9. The van der Waals surface area contributed by atoms with E-state index in [0.29, 0.717) is 35.9 Å². The standard InChI is InChI=1S/C32H35BrN4O4/c1-19-14-23(31(34)39)15-20(2)24(19)11-13-30(38)37(18-22-10-12-28(40-4)29(16-22)41-5)21(3)32-35-17-27(36-32)25-8-6-7-9-26(25)33/h6-10,12,14-17,21H,11,13,18H2,1-5H3,(H2,34,39)(H,35,36). The van der Waals surface area contributed by atoms with E-state index in [1.165, 1.54) is 0 Å². The van der Waals surface area contributed by atoms with Gasteiger partial charge in [-0.05, 0) is 79.8 Å². The van der Waals surface area contributed by atoms with Gasteiger partial charge in [-0.2, -0.15) is 0 Å². The van der Waals surface area contributed by atoms with Crippen LogP contribution in [0.15, 0.2) is 65.3 Å². The zero-order valence-electron chi connectivity index (χ0n) is 24.0. The third kappa shape index (κ3) is 6.79. The van der Waals surface area contributed by atoms with Gasteiger partial charge in [0.25, 0.3) is 0 Å². The second-order valence-corrected chi connectivity index (χ2v) is 10.9. The number of H-pyrrole nitrogens is 1. The van der Waals surface area contributed by atoms with Crippen LogP contribution in [0.5, 0.6) is 11.5 Å². The van der Waals surface area contributed by atoms with E-state index in [2.05, 4.69) is 25.9 Å². The molecule has 0 aliphatic rings. The zero-order valence-corrected chi connectivity index (χ0v) is 25.5. The van der Waals surface area contributed by atoms with Gasteiger partial charge in [-0.15, -0.1) is 0 Å². The minimum Gasteiger partial charge on any atom is -0.493 e. The van der Waals surface area contributed by atoms with E-state index < -0.39 is 5.91 Å². The highest BCUT2D eigenvalue weighted by molar-refractivity contribution is 9.10. The molecule has 4 rings (SSSR count). The Hall–Kier alpha value is -4.11. The Morgan fingerprint density at radius 1 is 1.02 bits per heavy atom. The predicted molar refractivity (Wildman–Crippen MR) is 163 cm³/mol. The van der Waals surface area contributed by atoms with E-state index in [1.807, 2.05) is 68.1 Å². The Morgan fingerprint density at radius 3 is 2.34 bits per heavy atom. The average Bonchev–Trinajstić information content (AvgIpc) is 3.45. The Kier molecular flexibility index (Phi) is 9.50. The van der Waals surface area contributed by atoms with Crippen LogP contribution in [-0.2, 0) is 17.8 Å². The summed E-state index contributed by atoms with van der Waals surface area (Å²) >= 11 is 3.61. The Bertz CT molecular complexity index is 1540. The highest BCUT2D eigenvalue weighted by Gasteiger charge is 2.25. The summed E-state index contributed by atoms with van der Waals surface area (Å²) in [6.07, 6.45) is 2.61. The SMILES string of the molecule is COc1ccc(CN(C(=O)CCc2c(C)cc(C(N)=O)cc2C)C(C)c2ncc(-c3ccccc3Br)[nH]2)cc1OC. The van der Waals surface area contributed by atoms with Crippen LogP contribution >= 0.6 is 15.9 Å². The van der Waals surface area contributed by atoms with E-state index >= 15 is 0 Å². The van der Waals surface area contributed by atoms with Crippen molar-refractivity contribution in [3.8, 4) is 22.8 Å². The summed E-state index contributed by atoms with van der Waals surface area (Å²) in [5, 5.41) is 0. The van der Waals surface area contributed by atoms with Gasteiger partial charge in [0.05, 0.1) is 32.2 Å². The summed E-state index contributed by atoms with van der Waals surface area (Å²) in [6, 6.07) is 16.8. The van der Waals surface area contributed by atoms with Crippen LogP contribution in [0, 0.1) is 13.8 Å². The smallest absolute Gasteiger partial charge is 0.248 e. The van der Waals surface area contributed by atoms with Gasteiger partial charge in [0, 0.05) is 28.6 Å². The van der Waals surface area contributed by atoms with E-state index in [0.717, 1.165) is 38.0 Å². The lowest BCUT2D eigenvalue weighted by molar-refractivity contribution is -0.134. The number of rotatable bonds is 11.